The summed E-state index contributed by atoms with van der Waals surface area (Å²) in [7, 11) is 0. The van der Waals surface area contributed by atoms with Crippen LogP contribution in [-0.4, -0.2) is 38.3 Å². The lowest BCUT2D eigenvalue weighted by Gasteiger charge is -2.29. The van der Waals surface area contributed by atoms with Crippen molar-refractivity contribution >= 4 is 38.9 Å². The Bertz CT molecular complexity index is 698. The largest absolute Gasteiger partial charge is 0.378 e. The zero-order valence-electron chi connectivity index (χ0n) is 14.2. The quantitative estimate of drug-likeness (QED) is 0.798. The predicted octanol–water partition coefficient (Wildman–Crippen LogP) is 3.72. The number of hydrogen-bond donors (Lipinski definition) is 2. The molecule has 1 unspecified atom stereocenters. The molecule has 0 aliphatic carbocycles. The summed E-state index contributed by atoms with van der Waals surface area (Å²) >= 11 is 3.40. The molecule has 2 aromatic carbocycles. The van der Waals surface area contributed by atoms with Crippen molar-refractivity contribution in [2.75, 3.05) is 41.8 Å². The number of morpholine rings is 1. The first kappa shape index (κ1) is 17.8. The van der Waals surface area contributed by atoms with Gasteiger partial charge in [0.05, 0.1) is 13.2 Å². The highest BCUT2D eigenvalue weighted by Gasteiger charge is 2.14. The van der Waals surface area contributed by atoms with Gasteiger partial charge in [0.1, 0.15) is 6.04 Å². The number of hydrogen-bond acceptors (Lipinski definition) is 4. The molecule has 5 nitrogen and oxygen atoms in total. The number of carbonyl (C=O) groups is 1. The average Bonchev–Trinajstić information content (AvgIpc) is 2.65. The maximum Gasteiger partial charge on any atom is 0.246 e. The molecule has 0 aromatic heterocycles. The van der Waals surface area contributed by atoms with Crippen LogP contribution in [0.1, 0.15) is 6.92 Å². The number of anilines is 3. The van der Waals surface area contributed by atoms with Crippen molar-refractivity contribution in [3.05, 3.63) is 53.0 Å². The summed E-state index contributed by atoms with van der Waals surface area (Å²) in [4.78, 5) is 14.6. The second-order valence-electron chi connectivity index (χ2n) is 6.01. The standard InChI is InChI=1S/C19H22BrN3O2/c1-14(21-16-4-2-15(20)3-5-16)19(24)22-17-6-8-18(9-7-17)23-10-12-25-13-11-23/h2-9,14,21H,10-13H2,1H3,(H,22,24). The minimum Gasteiger partial charge on any atom is -0.378 e. The SMILES string of the molecule is CC(Nc1ccc(Br)cc1)C(=O)Nc1ccc(N2CCOCC2)cc1. The van der Waals surface area contributed by atoms with Gasteiger partial charge in [0.25, 0.3) is 0 Å². The molecule has 1 heterocycles. The van der Waals surface area contributed by atoms with Crippen molar-refractivity contribution in [3.63, 3.8) is 0 Å². The third-order valence-electron chi connectivity index (χ3n) is 4.13. The third-order valence-corrected chi connectivity index (χ3v) is 4.66. The molecule has 1 aliphatic heterocycles. The van der Waals surface area contributed by atoms with Crippen LogP contribution < -0.4 is 15.5 Å². The highest BCUT2D eigenvalue weighted by atomic mass is 79.9. The van der Waals surface area contributed by atoms with Crippen LogP contribution >= 0.6 is 15.9 Å². The van der Waals surface area contributed by atoms with E-state index in [4.69, 9.17) is 4.74 Å². The number of nitrogens with zero attached hydrogens (tertiary/aromatic N) is 1. The summed E-state index contributed by atoms with van der Waals surface area (Å²) in [5, 5.41) is 6.15. The maximum absolute atomic E-state index is 12.4. The Labute approximate surface area is 156 Å². The van der Waals surface area contributed by atoms with E-state index in [9.17, 15) is 4.79 Å². The van der Waals surface area contributed by atoms with Gasteiger partial charge in [0.15, 0.2) is 0 Å². The lowest BCUT2D eigenvalue weighted by atomic mass is 10.2. The van der Waals surface area contributed by atoms with E-state index < -0.39 is 0 Å². The number of benzene rings is 2. The summed E-state index contributed by atoms with van der Waals surface area (Å²) in [5.41, 5.74) is 2.86. The number of nitrogens with one attached hydrogen (secondary N) is 2. The maximum atomic E-state index is 12.4. The van der Waals surface area contributed by atoms with Gasteiger partial charge in [-0.3, -0.25) is 4.79 Å². The van der Waals surface area contributed by atoms with Crippen LogP contribution in [0, 0.1) is 0 Å². The minimum absolute atomic E-state index is 0.0676. The van der Waals surface area contributed by atoms with Crippen molar-refractivity contribution < 1.29 is 9.53 Å². The Hall–Kier alpha value is -2.05. The molecule has 132 valence electrons. The second kappa shape index (κ2) is 8.36. The van der Waals surface area contributed by atoms with E-state index in [0.717, 1.165) is 47.8 Å². The molecule has 2 N–H and O–H groups in total. The normalized spacial score (nSPS) is 15.5. The van der Waals surface area contributed by atoms with Crippen LogP contribution in [-0.2, 0) is 9.53 Å². The Balaban J connectivity index is 1.55. The fraction of sp³-hybridized carbons (Fsp3) is 0.316. The number of rotatable bonds is 5. The summed E-state index contributed by atoms with van der Waals surface area (Å²) in [6.45, 7) is 5.18. The zero-order chi connectivity index (χ0) is 17.6. The molecule has 1 amide bonds. The molecular formula is C19H22BrN3O2. The predicted molar refractivity (Wildman–Crippen MR) is 105 cm³/mol. The molecule has 0 bridgehead atoms. The molecule has 2 aromatic rings. The van der Waals surface area contributed by atoms with Gasteiger partial charge in [-0.2, -0.15) is 0 Å². The Kier molecular flexibility index (Phi) is 5.94. The first-order chi connectivity index (χ1) is 12.1. The smallest absolute Gasteiger partial charge is 0.246 e. The third kappa shape index (κ3) is 4.96. The molecule has 1 saturated heterocycles. The van der Waals surface area contributed by atoms with Crippen molar-refractivity contribution in [3.8, 4) is 0 Å². The van der Waals surface area contributed by atoms with E-state index >= 15 is 0 Å². The van der Waals surface area contributed by atoms with Crippen molar-refractivity contribution in [2.45, 2.75) is 13.0 Å². The Morgan fingerprint density at radius 2 is 1.64 bits per heavy atom. The number of carbonyl (C=O) groups excluding carboxylic acids is 1. The highest BCUT2D eigenvalue weighted by Crippen LogP contribution is 2.20. The molecule has 1 atom stereocenters. The Morgan fingerprint density at radius 1 is 1.04 bits per heavy atom. The summed E-state index contributed by atoms with van der Waals surface area (Å²) in [6, 6.07) is 15.4. The highest BCUT2D eigenvalue weighted by molar-refractivity contribution is 9.10. The fourth-order valence-corrected chi connectivity index (χ4v) is 2.95. The molecule has 0 spiro atoms. The monoisotopic (exact) mass is 403 g/mol. The van der Waals surface area contributed by atoms with Gasteiger partial charge in [-0.1, -0.05) is 15.9 Å². The van der Waals surface area contributed by atoms with E-state index in [-0.39, 0.29) is 11.9 Å². The van der Waals surface area contributed by atoms with Crippen LogP contribution in [0.3, 0.4) is 0 Å². The Morgan fingerprint density at radius 3 is 2.28 bits per heavy atom. The second-order valence-corrected chi connectivity index (χ2v) is 6.92. The van der Waals surface area contributed by atoms with E-state index in [1.807, 2.05) is 55.5 Å². The number of ether oxygens (including phenoxy) is 1. The molecule has 6 heteroatoms. The first-order valence-corrected chi connectivity index (χ1v) is 9.17. The zero-order valence-corrected chi connectivity index (χ0v) is 15.8. The summed E-state index contributed by atoms with van der Waals surface area (Å²) < 4.78 is 6.38. The van der Waals surface area contributed by atoms with E-state index in [2.05, 4.69) is 31.5 Å². The van der Waals surface area contributed by atoms with E-state index in [1.54, 1.807) is 0 Å². The lowest BCUT2D eigenvalue weighted by Crippen LogP contribution is -2.36. The molecule has 0 saturated carbocycles. The van der Waals surface area contributed by atoms with E-state index in [1.165, 1.54) is 0 Å². The van der Waals surface area contributed by atoms with Gasteiger partial charge < -0.3 is 20.3 Å². The van der Waals surface area contributed by atoms with E-state index in [0.29, 0.717) is 0 Å². The van der Waals surface area contributed by atoms with Crippen LogP contribution in [0.15, 0.2) is 53.0 Å². The lowest BCUT2D eigenvalue weighted by molar-refractivity contribution is -0.116. The van der Waals surface area contributed by atoms with Gasteiger partial charge in [-0.15, -0.1) is 0 Å². The van der Waals surface area contributed by atoms with Crippen molar-refractivity contribution in [1.29, 1.82) is 0 Å². The van der Waals surface area contributed by atoms with Gasteiger partial charge >= 0.3 is 0 Å². The van der Waals surface area contributed by atoms with Gasteiger partial charge in [-0.05, 0) is 55.5 Å². The summed E-state index contributed by atoms with van der Waals surface area (Å²) in [6.07, 6.45) is 0. The molecule has 0 radical (unpaired) electrons. The fourth-order valence-electron chi connectivity index (χ4n) is 2.69. The molecule has 3 rings (SSSR count). The molecular weight excluding hydrogens is 382 g/mol. The van der Waals surface area contributed by atoms with Crippen molar-refractivity contribution in [2.24, 2.45) is 0 Å². The van der Waals surface area contributed by atoms with Gasteiger partial charge in [-0.25, -0.2) is 0 Å². The van der Waals surface area contributed by atoms with Gasteiger partial charge in [0.2, 0.25) is 5.91 Å². The van der Waals surface area contributed by atoms with Crippen LogP contribution in [0.25, 0.3) is 0 Å². The first-order valence-electron chi connectivity index (χ1n) is 8.37. The van der Waals surface area contributed by atoms with Crippen LogP contribution in [0.5, 0.6) is 0 Å². The van der Waals surface area contributed by atoms with Crippen LogP contribution in [0.2, 0.25) is 0 Å². The molecule has 1 aliphatic rings. The molecule has 1 fully saturated rings. The minimum atomic E-state index is -0.333. The molecule has 25 heavy (non-hydrogen) atoms. The number of amides is 1. The average molecular weight is 404 g/mol. The van der Waals surface area contributed by atoms with Gasteiger partial charge in [0, 0.05) is 34.6 Å². The topological polar surface area (TPSA) is 53.6 Å². The summed E-state index contributed by atoms with van der Waals surface area (Å²) in [5.74, 6) is -0.0676. The van der Waals surface area contributed by atoms with Crippen LogP contribution in [0.4, 0.5) is 17.1 Å². The number of halogens is 1. The van der Waals surface area contributed by atoms with Crippen molar-refractivity contribution in [1.82, 2.24) is 0 Å².